The fourth-order valence-corrected chi connectivity index (χ4v) is 3.73. The zero-order chi connectivity index (χ0) is 14.9. The van der Waals surface area contributed by atoms with Crippen molar-refractivity contribution in [3.05, 3.63) is 47.5 Å². The molecule has 21 heavy (non-hydrogen) atoms. The van der Waals surface area contributed by atoms with E-state index in [0.29, 0.717) is 0 Å². The van der Waals surface area contributed by atoms with Gasteiger partial charge in [0.25, 0.3) is 0 Å². The van der Waals surface area contributed by atoms with Crippen LogP contribution in [-0.2, 0) is 5.54 Å². The van der Waals surface area contributed by atoms with E-state index in [1.807, 2.05) is 0 Å². The van der Waals surface area contributed by atoms with E-state index in [1.165, 1.54) is 18.4 Å². The minimum absolute atomic E-state index is 0.00973. The third-order valence-electron chi connectivity index (χ3n) is 5.35. The lowest BCUT2D eigenvalue weighted by atomic mass is 9.82. The minimum atomic E-state index is 0.00973. The molecule has 1 saturated heterocycles. The van der Waals surface area contributed by atoms with Gasteiger partial charge in [-0.25, -0.2) is 0 Å². The predicted molar refractivity (Wildman–Crippen MR) is 89.5 cm³/mol. The van der Waals surface area contributed by atoms with Crippen molar-refractivity contribution in [3.63, 3.8) is 0 Å². The molecule has 1 heterocycles. The van der Waals surface area contributed by atoms with E-state index >= 15 is 0 Å². The van der Waals surface area contributed by atoms with E-state index in [4.69, 9.17) is 11.6 Å². The highest BCUT2D eigenvalue weighted by Gasteiger charge is 2.50. The Balaban J connectivity index is 1.85. The normalized spacial score (nSPS) is 34.4. The fraction of sp³-hybridized carbons (Fsp3) is 0.556. The highest BCUT2D eigenvalue weighted by Crippen LogP contribution is 2.45. The third-order valence-corrected chi connectivity index (χ3v) is 5.53. The largest absolute Gasteiger partial charge is 0.305 e. The molecule has 2 unspecified atom stereocenters. The zero-order valence-electron chi connectivity index (χ0n) is 13.0. The molecule has 1 saturated carbocycles. The van der Waals surface area contributed by atoms with E-state index in [9.17, 15) is 0 Å². The number of piperazine rings is 1. The average molecular weight is 305 g/mol. The molecule has 0 bridgehead atoms. The number of nitrogens with one attached hydrogen (secondary N) is 1. The van der Waals surface area contributed by atoms with Gasteiger partial charge in [0.1, 0.15) is 0 Å². The first kappa shape index (κ1) is 15.1. The van der Waals surface area contributed by atoms with E-state index in [0.717, 1.165) is 25.6 Å². The molecule has 1 N–H and O–H groups in total. The molecule has 1 aromatic carbocycles. The van der Waals surface area contributed by atoms with Crippen LogP contribution in [0.1, 0.15) is 32.3 Å². The molecule has 0 aromatic heterocycles. The lowest BCUT2D eigenvalue weighted by Crippen LogP contribution is -2.67. The van der Waals surface area contributed by atoms with E-state index in [-0.39, 0.29) is 11.1 Å². The smallest absolute Gasteiger partial charge is 0.0535 e. The van der Waals surface area contributed by atoms with Gasteiger partial charge in [0.2, 0.25) is 0 Å². The van der Waals surface area contributed by atoms with Gasteiger partial charge >= 0.3 is 0 Å². The van der Waals surface area contributed by atoms with Crippen LogP contribution in [0.4, 0.5) is 0 Å². The number of nitrogens with zero attached hydrogens (tertiary/aromatic N) is 1. The van der Waals surface area contributed by atoms with Gasteiger partial charge in [0.15, 0.2) is 0 Å². The summed E-state index contributed by atoms with van der Waals surface area (Å²) in [6.45, 7) is 7.71. The summed E-state index contributed by atoms with van der Waals surface area (Å²) in [5, 5.41) is 3.83. The van der Waals surface area contributed by atoms with Crippen LogP contribution in [0.25, 0.3) is 0 Å². The summed E-state index contributed by atoms with van der Waals surface area (Å²) in [6, 6.07) is 10.8. The van der Waals surface area contributed by atoms with Gasteiger partial charge in [-0.15, -0.1) is 0 Å². The topological polar surface area (TPSA) is 15.3 Å². The predicted octanol–water partition coefficient (Wildman–Crippen LogP) is 3.73. The Labute approximate surface area is 133 Å². The van der Waals surface area contributed by atoms with Gasteiger partial charge in [-0.3, -0.25) is 4.90 Å². The number of hydrogen-bond acceptors (Lipinski definition) is 2. The van der Waals surface area contributed by atoms with E-state index < -0.39 is 0 Å². The van der Waals surface area contributed by atoms with Crippen molar-refractivity contribution in [1.82, 2.24) is 10.2 Å². The summed E-state index contributed by atoms with van der Waals surface area (Å²) in [7, 11) is 0. The van der Waals surface area contributed by atoms with Crippen LogP contribution in [0.3, 0.4) is 0 Å². The zero-order valence-corrected chi connectivity index (χ0v) is 13.7. The average Bonchev–Trinajstić information content (AvgIpc) is 3.35. The van der Waals surface area contributed by atoms with Crippen LogP contribution in [0, 0.1) is 5.92 Å². The summed E-state index contributed by atoms with van der Waals surface area (Å²) < 4.78 is 0. The van der Waals surface area contributed by atoms with E-state index in [2.05, 4.69) is 60.5 Å². The first-order chi connectivity index (χ1) is 10.1. The Hall–Kier alpha value is -0.830. The maximum atomic E-state index is 5.77. The van der Waals surface area contributed by atoms with Crippen molar-refractivity contribution in [2.45, 2.75) is 37.8 Å². The maximum absolute atomic E-state index is 5.77. The molecule has 114 valence electrons. The number of benzene rings is 1. The van der Waals surface area contributed by atoms with Crippen molar-refractivity contribution in [3.8, 4) is 0 Å². The molecule has 0 radical (unpaired) electrons. The van der Waals surface area contributed by atoms with Crippen LogP contribution in [0.5, 0.6) is 0 Å². The molecular weight excluding hydrogens is 280 g/mol. The van der Waals surface area contributed by atoms with Crippen molar-refractivity contribution in [2.24, 2.45) is 5.92 Å². The fourth-order valence-electron chi connectivity index (χ4n) is 3.65. The summed E-state index contributed by atoms with van der Waals surface area (Å²) in [5.74, 6) is 0.828. The molecule has 2 atom stereocenters. The Morgan fingerprint density at radius 2 is 2.00 bits per heavy atom. The van der Waals surface area contributed by atoms with Gasteiger partial charge in [-0.1, -0.05) is 48.0 Å². The molecule has 3 rings (SSSR count). The van der Waals surface area contributed by atoms with Crippen LogP contribution in [-0.4, -0.2) is 30.1 Å². The highest BCUT2D eigenvalue weighted by atomic mass is 35.5. The van der Waals surface area contributed by atoms with Gasteiger partial charge in [0, 0.05) is 30.7 Å². The molecule has 1 aromatic rings. The number of hydrogen-bond donors (Lipinski definition) is 1. The lowest BCUT2D eigenvalue weighted by molar-refractivity contribution is 0.0143. The van der Waals surface area contributed by atoms with Crippen LogP contribution in [0.15, 0.2) is 41.9 Å². The van der Waals surface area contributed by atoms with Crippen molar-refractivity contribution in [2.75, 3.05) is 19.6 Å². The Bertz CT molecular complexity index is 511. The standard InChI is InChI=1S/C18H25ClN2/c1-17(15-7-4-3-5-8-15)14-21(12-6-11-19)18(2,13-20-17)16-9-10-16/h3-8,11,16,20H,9-10,12-14H2,1-2H3/b11-6+. The summed E-state index contributed by atoms with van der Waals surface area (Å²) in [4.78, 5) is 2.62. The quantitative estimate of drug-likeness (QED) is 0.912. The Morgan fingerprint density at radius 1 is 1.29 bits per heavy atom. The summed E-state index contributed by atoms with van der Waals surface area (Å²) in [6.07, 6.45) is 4.79. The Morgan fingerprint density at radius 3 is 2.62 bits per heavy atom. The summed E-state index contributed by atoms with van der Waals surface area (Å²) in [5.41, 5.74) is 3.28. The van der Waals surface area contributed by atoms with Crippen molar-refractivity contribution >= 4 is 11.6 Å². The maximum Gasteiger partial charge on any atom is 0.0535 e. The second-order valence-corrected chi connectivity index (χ2v) is 7.18. The number of halogens is 1. The van der Waals surface area contributed by atoms with Crippen molar-refractivity contribution in [1.29, 1.82) is 0 Å². The lowest BCUT2D eigenvalue weighted by Gasteiger charge is -2.52. The van der Waals surface area contributed by atoms with Crippen molar-refractivity contribution < 1.29 is 0 Å². The molecular formula is C18H25ClN2. The molecule has 1 aliphatic carbocycles. The molecule has 2 nitrogen and oxygen atoms in total. The van der Waals surface area contributed by atoms with Gasteiger partial charge < -0.3 is 5.32 Å². The van der Waals surface area contributed by atoms with Crippen LogP contribution in [0.2, 0.25) is 0 Å². The van der Waals surface area contributed by atoms with Gasteiger partial charge in [-0.2, -0.15) is 0 Å². The molecule has 0 amide bonds. The Kier molecular flexibility index (Phi) is 4.13. The summed E-state index contributed by atoms with van der Waals surface area (Å²) >= 11 is 5.77. The highest BCUT2D eigenvalue weighted by molar-refractivity contribution is 6.25. The monoisotopic (exact) mass is 304 g/mol. The second-order valence-electron chi connectivity index (χ2n) is 6.93. The number of rotatable bonds is 4. The van der Waals surface area contributed by atoms with E-state index in [1.54, 1.807) is 5.54 Å². The molecule has 1 aliphatic heterocycles. The second kappa shape index (κ2) is 5.75. The SMILES string of the molecule is CC1(c2ccccc2)CN(C/C=C/Cl)C(C)(C2CC2)CN1. The van der Waals surface area contributed by atoms with Gasteiger partial charge in [0.05, 0.1) is 5.54 Å². The minimum Gasteiger partial charge on any atom is -0.305 e. The molecule has 0 spiro atoms. The molecule has 3 heteroatoms. The van der Waals surface area contributed by atoms with Crippen LogP contribution >= 0.6 is 11.6 Å². The molecule has 2 fully saturated rings. The van der Waals surface area contributed by atoms with Crippen LogP contribution < -0.4 is 5.32 Å². The first-order valence-electron chi connectivity index (χ1n) is 7.89. The first-order valence-corrected chi connectivity index (χ1v) is 8.33. The van der Waals surface area contributed by atoms with Gasteiger partial charge in [-0.05, 0) is 38.2 Å². The third kappa shape index (κ3) is 2.90. The molecule has 2 aliphatic rings.